The van der Waals surface area contributed by atoms with Gasteiger partial charge < -0.3 is 10.2 Å². The number of para-hydroxylation sites is 5. The van der Waals surface area contributed by atoms with Gasteiger partial charge in [-0.15, -0.1) is 0 Å². The first-order valence-electron chi connectivity index (χ1n) is 10.8. The van der Waals surface area contributed by atoms with Crippen molar-refractivity contribution in [2.75, 3.05) is 10.2 Å². The van der Waals surface area contributed by atoms with E-state index < -0.39 is 0 Å². The van der Waals surface area contributed by atoms with Gasteiger partial charge in [0.1, 0.15) is 0 Å². The molecule has 5 aromatic carbocycles. The van der Waals surface area contributed by atoms with E-state index in [4.69, 9.17) is 0 Å². The zero-order chi connectivity index (χ0) is 21.6. The Morgan fingerprint density at radius 3 is 1.50 bits per heavy atom. The summed E-state index contributed by atoms with van der Waals surface area (Å²) in [6.07, 6.45) is 0. The number of benzene rings is 5. The van der Waals surface area contributed by atoms with E-state index in [0.717, 1.165) is 28.4 Å². The molecule has 5 aromatic rings. The van der Waals surface area contributed by atoms with Crippen molar-refractivity contribution < 1.29 is 0 Å². The zero-order valence-corrected chi connectivity index (χ0v) is 17.7. The molecular weight excluding hydrogens is 388 g/mol. The summed E-state index contributed by atoms with van der Waals surface area (Å²) < 4.78 is 0. The molecule has 2 nitrogen and oxygen atoms in total. The van der Waals surface area contributed by atoms with E-state index in [2.05, 4.69) is 132 Å². The summed E-state index contributed by atoms with van der Waals surface area (Å²) in [4.78, 5) is 2.29. The molecule has 0 aliphatic carbocycles. The van der Waals surface area contributed by atoms with Crippen LogP contribution < -0.4 is 10.2 Å². The Morgan fingerprint density at radius 1 is 0.406 bits per heavy atom. The van der Waals surface area contributed by atoms with Crippen LogP contribution in [0.4, 0.5) is 28.4 Å². The molecular formula is C30H24N2. The molecule has 0 aliphatic rings. The Balaban J connectivity index is 1.61. The third kappa shape index (κ3) is 4.12. The van der Waals surface area contributed by atoms with E-state index in [1.54, 1.807) is 0 Å². The van der Waals surface area contributed by atoms with Crippen LogP contribution in [-0.4, -0.2) is 0 Å². The highest BCUT2D eigenvalue weighted by molar-refractivity contribution is 5.89. The van der Waals surface area contributed by atoms with Gasteiger partial charge in [0.2, 0.25) is 0 Å². The maximum atomic E-state index is 3.72. The van der Waals surface area contributed by atoms with E-state index in [0.29, 0.717) is 0 Å². The minimum absolute atomic E-state index is 1.04. The minimum Gasteiger partial charge on any atom is -0.353 e. The van der Waals surface area contributed by atoms with Crippen molar-refractivity contribution >= 4 is 28.4 Å². The molecule has 0 radical (unpaired) electrons. The quantitative estimate of drug-likeness (QED) is 0.300. The van der Waals surface area contributed by atoms with E-state index >= 15 is 0 Å². The normalized spacial score (nSPS) is 10.5. The van der Waals surface area contributed by atoms with Crippen molar-refractivity contribution in [3.05, 3.63) is 140 Å². The molecule has 5 rings (SSSR count). The summed E-state index contributed by atoms with van der Waals surface area (Å²) in [5.41, 5.74) is 7.81. The van der Waals surface area contributed by atoms with E-state index in [1.165, 1.54) is 11.1 Å². The van der Waals surface area contributed by atoms with Crippen LogP contribution in [0.1, 0.15) is 0 Å². The third-order valence-electron chi connectivity index (χ3n) is 5.45. The predicted octanol–water partition coefficient (Wildman–Crippen LogP) is 8.57. The average Bonchev–Trinajstić information content (AvgIpc) is 2.87. The van der Waals surface area contributed by atoms with Crippen molar-refractivity contribution in [1.82, 2.24) is 0 Å². The molecule has 1 N–H and O–H groups in total. The number of hydrogen-bond acceptors (Lipinski definition) is 2. The first-order valence-corrected chi connectivity index (χ1v) is 10.8. The number of hydrogen-bond donors (Lipinski definition) is 1. The fourth-order valence-corrected chi connectivity index (χ4v) is 3.96. The molecule has 0 spiro atoms. The third-order valence-corrected chi connectivity index (χ3v) is 5.45. The second-order valence-electron chi connectivity index (χ2n) is 7.56. The van der Waals surface area contributed by atoms with Gasteiger partial charge >= 0.3 is 0 Å². The molecule has 0 saturated heterocycles. The molecule has 32 heavy (non-hydrogen) atoms. The highest BCUT2D eigenvalue weighted by atomic mass is 15.2. The molecule has 0 saturated carbocycles. The van der Waals surface area contributed by atoms with Gasteiger partial charge in [-0.1, -0.05) is 97.1 Å². The van der Waals surface area contributed by atoms with E-state index in [-0.39, 0.29) is 0 Å². The van der Waals surface area contributed by atoms with Crippen molar-refractivity contribution in [1.29, 1.82) is 0 Å². The highest BCUT2D eigenvalue weighted by Gasteiger charge is 2.16. The Labute approximate surface area is 189 Å². The van der Waals surface area contributed by atoms with Crippen LogP contribution >= 0.6 is 0 Å². The van der Waals surface area contributed by atoms with Gasteiger partial charge in [0.25, 0.3) is 0 Å². The molecule has 0 bridgehead atoms. The summed E-state index contributed by atoms with van der Waals surface area (Å²) in [6, 6.07) is 48.4. The fraction of sp³-hybridized carbons (Fsp3) is 0. The van der Waals surface area contributed by atoms with Crippen LogP contribution in [0, 0.1) is 0 Å². The van der Waals surface area contributed by atoms with Gasteiger partial charge in [-0.25, -0.2) is 0 Å². The van der Waals surface area contributed by atoms with Crippen molar-refractivity contribution in [2.45, 2.75) is 0 Å². The second-order valence-corrected chi connectivity index (χ2v) is 7.56. The Hall–Kier alpha value is -4.30. The molecule has 154 valence electrons. The van der Waals surface area contributed by atoms with Crippen LogP contribution in [0.2, 0.25) is 0 Å². The van der Waals surface area contributed by atoms with Crippen LogP contribution in [0.15, 0.2) is 140 Å². The van der Waals surface area contributed by atoms with E-state index in [1.807, 2.05) is 18.2 Å². The summed E-state index contributed by atoms with van der Waals surface area (Å²) in [7, 11) is 0. The molecule has 0 unspecified atom stereocenters. The lowest BCUT2D eigenvalue weighted by Crippen LogP contribution is -2.11. The van der Waals surface area contributed by atoms with Crippen LogP contribution in [0.25, 0.3) is 11.1 Å². The number of nitrogens with zero attached hydrogens (tertiary/aromatic N) is 1. The molecule has 2 heteroatoms. The Bertz CT molecular complexity index is 1240. The lowest BCUT2D eigenvalue weighted by atomic mass is 10.0. The summed E-state index contributed by atoms with van der Waals surface area (Å²) in [5.74, 6) is 0. The van der Waals surface area contributed by atoms with Crippen LogP contribution in [0.3, 0.4) is 0 Å². The average molecular weight is 413 g/mol. The molecule has 0 aromatic heterocycles. The molecule has 0 heterocycles. The number of rotatable bonds is 6. The van der Waals surface area contributed by atoms with Crippen LogP contribution in [-0.2, 0) is 0 Å². The van der Waals surface area contributed by atoms with Gasteiger partial charge in [-0.2, -0.15) is 0 Å². The zero-order valence-electron chi connectivity index (χ0n) is 17.7. The lowest BCUT2D eigenvalue weighted by molar-refractivity contribution is 1.28. The monoisotopic (exact) mass is 412 g/mol. The molecule has 0 atom stereocenters. The summed E-state index contributed by atoms with van der Waals surface area (Å²) in [5, 5.41) is 3.72. The summed E-state index contributed by atoms with van der Waals surface area (Å²) in [6.45, 7) is 0. The van der Waals surface area contributed by atoms with Gasteiger partial charge in [-0.05, 0) is 48.0 Å². The van der Waals surface area contributed by atoms with Crippen LogP contribution in [0.5, 0.6) is 0 Å². The van der Waals surface area contributed by atoms with E-state index in [9.17, 15) is 0 Å². The van der Waals surface area contributed by atoms with Gasteiger partial charge in [0.15, 0.2) is 0 Å². The Kier molecular flexibility index (Phi) is 5.67. The van der Waals surface area contributed by atoms with Gasteiger partial charge in [-0.3, -0.25) is 0 Å². The topological polar surface area (TPSA) is 15.3 Å². The SMILES string of the molecule is c1ccc(-c2ccccc2Nc2ccccc2N(c2ccccc2)c2ccccc2)cc1. The minimum atomic E-state index is 1.04. The standard InChI is InChI=1S/C30H24N2/c1-4-14-24(15-5-1)27-20-10-11-21-28(27)31-29-22-12-13-23-30(29)32(25-16-6-2-7-17-25)26-18-8-3-9-19-26/h1-23,31H. The van der Waals surface area contributed by atoms with Gasteiger partial charge in [0, 0.05) is 22.6 Å². The molecule has 0 aliphatic heterocycles. The highest BCUT2D eigenvalue weighted by Crippen LogP contribution is 2.40. The van der Waals surface area contributed by atoms with Crippen molar-refractivity contribution in [3.63, 3.8) is 0 Å². The number of anilines is 5. The summed E-state index contributed by atoms with van der Waals surface area (Å²) >= 11 is 0. The maximum Gasteiger partial charge on any atom is 0.0696 e. The Morgan fingerprint density at radius 2 is 0.875 bits per heavy atom. The van der Waals surface area contributed by atoms with Crippen molar-refractivity contribution in [3.8, 4) is 11.1 Å². The number of nitrogens with one attached hydrogen (secondary N) is 1. The molecule has 0 amide bonds. The lowest BCUT2D eigenvalue weighted by Gasteiger charge is -2.28. The first-order chi connectivity index (χ1) is 15.9. The van der Waals surface area contributed by atoms with Gasteiger partial charge in [0.05, 0.1) is 11.4 Å². The van der Waals surface area contributed by atoms with Crippen molar-refractivity contribution in [2.24, 2.45) is 0 Å². The predicted molar refractivity (Wildman–Crippen MR) is 136 cm³/mol. The fourth-order valence-electron chi connectivity index (χ4n) is 3.96. The smallest absolute Gasteiger partial charge is 0.0696 e. The first kappa shape index (κ1) is 19.7. The maximum absolute atomic E-state index is 3.72. The largest absolute Gasteiger partial charge is 0.353 e. The molecule has 0 fully saturated rings. The second kappa shape index (κ2) is 9.23.